The van der Waals surface area contributed by atoms with Crippen LogP contribution in [0, 0.1) is 0 Å². The zero-order valence-corrected chi connectivity index (χ0v) is 52.5. The summed E-state index contributed by atoms with van der Waals surface area (Å²) in [6.45, 7) is 10.8. The molecule has 0 amide bonds. The number of unbranched alkanes of at least 4 members (excludes halogenated alkanes) is 21. The minimum absolute atomic E-state index is 0. The normalized spacial score (nSPS) is 10.5. The molecule has 0 spiro atoms. The minimum atomic E-state index is -1.45. The first-order valence-electron chi connectivity index (χ1n) is 29.6. The summed E-state index contributed by atoms with van der Waals surface area (Å²) < 4.78 is 53.2. The van der Waals surface area contributed by atoms with Crippen molar-refractivity contribution < 1.29 is 62.0 Å². The molecule has 0 aliphatic heterocycles. The first kappa shape index (κ1) is 72.6. The third-order valence-corrected chi connectivity index (χ3v) is 15.5. The molecule has 0 heterocycles. The summed E-state index contributed by atoms with van der Waals surface area (Å²) in [5.74, 6) is 4.61. The molecule has 14 heteroatoms. The zero-order chi connectivity index (χ0) is 56.9. The molecule has 0 saturated heterocycles. The standard InChI is InChI=1S/3C22H31O3P.CH2O.Ni/c3*1-2-3-4-5-6-7-8-15-20-23-26(24-21-16-11-9-12-17-21)25-22-18-13-10-14-19-22;1-2;/h3*9-14,16-19H,2-8,15,20H2,1H3;1H2;. The Morgan fingerprint density at radius 1 is 0.247 bits per heavy atom. The predicted molar refractivity (Wildman–Crippen MR) is 336 cm³/mol. The maximum Gasteiger partial charge on any atom is 0.463 e. The van der Waals surface area contributed by atoms with E-state index in [2.05, 4.69) is 20.8 Å². The van der Waals surface area contributed by atoms with Crippen LogP contribution >= 0.6 is 25.8 Å². The molecule has 6 aromatic carbocycles. The monoisotopic (exact) mass is 1210 g/mol. The van der Waals surface area contributed by atoms with Crippen LogP contribution in [0.4, 0.5) is 0 Å². The Morgan fingerprint density at radius 3 is 0.556 bits per heavy atom. The molecule has 6 aromatic rings. The topological polar surface area (TPSA) is 100 Å². The smallest absolute Gasteiger partial charge is 0.418 e. The van der Waals surface area contributed by atoms with Gasteiger partial charge in [-0.05, 0) is 92.1 Å². The number of hydrogen-bond acceptors (Lipinski definition) is 10. The fourth-order valence-electron chi connectivity index (χ4n) is 7.74. The van der Waals surface area contributed by atoms with Crippen LogP contribution in [0.2, 0.25) is 0 Å². The third kappa shape index (κ3) is 40.3. The largest absolute Gasteiger partial charge is 0.463 e. The van der Waals surface area contributed by atoms with Crippen molar-refractivity contribution in [3.63, 3.8) is 0 Å². The van der Waals surface area contributed by atoms with Crippen molar-refractivity contribution in [3.8, 4) is 34.5 Å². The number of para-hydroxylation sites is 6. The fraction of sp³-hybridized carbons (Fsp3) is 0.448. The molecule has 0 saturated carbocycles. The summed E-state index contributed by atoms with van der Waals surface area (Å²) in [5, 5.41) is 0. The molecule has 0 bridgehead atoms. The van der Waals surface area contributed by atoms with Crippen molar-refractivity contribution in [2.75, 3.05) is 19.8 Å². The second-order valence-electron chi connectivity index (χ2n) is 19.0. The SMILES string of the molecule is C=O.CCCCCCCCCCOP(Oc1ccccc1)Oc1ccccc1.CCCCCCCCCCOP(Oc1ccccc1)Oc1ccccc1.CCCCCCCCCCOP(Oc1ccccc1)Oc1ccccc1.[Ni]. The van der Waals surface area contributed by atoms with E-state index in [0.29, 0.717) is 19.8 Å². The Labute approximate surface area is 503 Å². The van der Waals surface area contributed by atoms with E-state index < -0.39 is 25.8 Å². The van der Waals surface area contributed by atoms with Gasteiger partial charge in [0, 0.05) is 16.5 Å². The van der Waals surface area contributed by atoms with Gasteiger partial charge in [0.25, 0.3) is 0 Å². The van der Waals surface area contributed by atoms with E-state index in [4.69, 9.17) is 45.5 Å². The molecule has 6 rings (SSSR count). The van der Waals surface area contributed by atoms with Gasteiger partial charge in [-0.25, -0.2) is 0 Å². The average molecular weight is 1210 g/mol. The Morgan fingerprint density at radius 2 is 0.395 bits per heavy atom. The van der Waals surface area contributed by atoms with Gasteiger partial charge in [0.2, 0.25) is 0 Å². The van der Waals surface area contributed by atoms with Gasteiger partial charge in [0.15, 0.2) is 0 Å². The molecule has 0 aliphatic rings. The van der Waals surface area contributed by atoms with E-state index in [1.165, 1.54) is 135 Å². The molecule has 81 heavy (non-hydrogen) atoms. The molecule has 0 fully saturated rings. The Kier molecular flexibility index (Phi) is 47.9. The van der Waals surface area contributed by atoms with Crippen LogP contribution in [0.15, 0.2) is 182 Å². The van der Waals surface area contributed by atoms with Crippen LogP contribution in [0.1, 0.15) is 175 Å². The molecule has 0 radical (unpaired) electrons. The predicted octanol–water partition coefficient (Wildman–Crippen LogP) is 22.4. The first-order chi connectivity index (χ1) is 39.6. The third-order valence-electron chi connectivity index (χ3n) is 12.1. The minimum Gasteiger partial charge on any atom is -0.418 e. The average Bonchev–Trinajstić information content (AvgIpc) is 3.50. The summed E-state index contributed by atoms with van der Waals surface area (Å²) >= 11 is 0. The molecule has 0 aromatic heterocycles. The van der Waals surface area contributed by atoms with Crippen LogP contribution < -0.4 is 27.1 Å². The second-order valence-corrected chi connectivity index (χ2v) is 22.2. The molecular weight excluding hydrogens is 1120 g/mol. The maximum absolute atomic E-state index is 8.00. The number of carbonyl (C=O) groups excluding carboxylic acids is 1. The van der Waals surface area contributed by atoms with Crippen LogP contribution in [0.3, 0.4) is 0 Å². The summed E-state index contributed by atoms with van der Waals surface area (Å²) in [7, 11) is -4.34. The van der Waals surface area contributed by atoms with Crippen molar-refractivity contribution in [2.45, 2.75) is 175 Å². The van der Waals surface area contributed by atoms with Crippen LogP contribution in [0.5, 0.6) is 34.5 Å². The van der Waals surface area contributed by atoms with E-state index >= 15 is 0 Å². The van der Waals surface area contributed by atoms with Crippen molar-refractivity contribution in [3.05, 3.63) is 182 Å². The summed E-state index contributed by atoms with van der Waals surface area (Å²) in [6.07, 6.45) is 30.7. The summed E-state index contributed by atoms with van der Waals surface area (Å²) in [4.78, 5) is 8.00. The van der Waals surface area contributed by atoms with Gasteiger partial charge in [-0.15, -0.1) is 0 Å². The number of benzene rings is 6. The number of carbonyl (C=O) groups is 1. The van der Waals surface area contributed by atoms with Crippen molar-refractivity contribution >= 4 is 32.6 Å². The van der Waals surface area contributed by atoms with Crippen LogP contribution in [-0.2, 0) is 34.9 Å². The molecule has 0 atom stereocenters. The summed E-state index contributed by atoms with van der Waals surface area (Å²) in [6, 6.07) is 58.2. The van der Waals surface area contributed by atoms with Gasteiger partial charge in [0.05, 0.1) is 19.8 Å². The quantitative estimate of drug-likeness (QED) is 0.0209. The van der Waals surface area contributed by atoms with Crippen LogP contribution in [0.25, 0.3) is 0 Å². The number of rotatable bonds is 42. The van der Waals surface area contributed by atoms with Gasteiger partial charge in [-0.3, -0.25) is 13.6 Å². The first-order valence-corrected chi connectivity index (χ1v) is 32.9. The van der Waals surface area contributed by atoms with E-state index in [9.17, 15) is 0 Å². The second kappa shape index (κ2) is 53.5. The molecule has 10 nitrogen and oxygen atoms in total. The van der Waals surface area contributed by atoms with Gasteiger partial charge < -0.3 is 31.9 Å². The summed E-state index contributed by atoms with van der Waals surface area (Å²) in [5.41, 5.74) is 0. The molecule has 448 valence electrons. The number of hydrogen-bond donors (Lipinski definition) is 0. The van der Waals surface area contributed by atoms with Gasteiger partial charge in [0.1, 0.15) is 41.3 Å². The van der Waals surface area contributed by atoms with Gasteiger partial charge in [-0.2, -0.15) is 0 Å². The molecule has 0 N–H and O–H groups in total. The fourth-order valence-corrected chi connectivity index (χ4v) is 10.8. The maximum atomic E-state index is 8.00. The van der Waals surface area contributed by atoms with E-state index in [1.54, 1.807) is 0 Å². The van der Waals surface area contributed by atoms with Crippen molar-refractivity contribution in [1.82, 2.24) is 0 Å². The molecule has 0 unspecified atom stereocenters. The Hall–Kier alpha value is -4.55. The molecule has 0 aliphatic carbocycles. The van der Waals surface area contributed by atoms with E-state index in [-0.39, 0.29) is 16.5 Å². The van der Waals surface area contributed by atoms with E-state index in [0.717, 1.165) is 53.8 Å². The van der Waals surface area contributed by atoms with E-state index in [1.807, 2.05) is 189 Å². The Balaban J connectivity index is 0.000000406. The van der Waals surface area contributed by atoms with Crippen molar-refractivity contribution in [2.24, 2.45) is 0 Å². The molecular formula is C67H95NiO10P3. The van der Waals surface area contributed by atoms with Gasteiger partial charge in [-0.1, -0.05) is 265 Å². The Bertz CT molecular complexity index is 1840. The van der Waals surface area contributed by atoms with Crippen molar-refractivity contribution in [1.29, 1.82) is 0 Å². The zero-order valence-electron chi connectivity index (χ0n) is 48.9. The van der Waals surface area contributed by atoms with Crippen LogP contribution in [-0.4, -0.2) is 26.6 Å². The van der Waals surface area contributed by atoms with Gasteiger partial charge >= 0.3 is 25.8 Å².